The summed E-state index contributed by atoms with van der Waals surface area (Å²) < 4.78 is 27.8. The van der Waals surface area contributed by atoms with E-state index < -0.39 is 24.0 Å². The molecule has 0 saturated heterocycles. The lowest BCUT2D eigenvalue weighted by Gasteiger charge is -2.06. The second-order valence-corrected chi connectivity index (χ2v) is 2.98. The highest BCUT2D eigenvalue weighted by Gasteiger charge is 2.16. The lowest BCUT2D eigenvalue weighted by atomic mass is 10.3. The molecule has 1 rings (SSSR count). The number of halogens is 3. The van der Waals surface area contributed by atoms with Crippen LogP contribution in [0.2, 0.25) is 0 Å². The molecule has 0 unspecified atom stereocenters. The van der Waals surface area contributed by atoms with Crippen molar-refractivity contribution < 1.29 is 23.4 Å². The number of carboxylic acids is 1. The van der Waals surface area contributed by atoms with E-state index in [0.29, 0.717) is 0 Å². The van der Waals surface area contributed by atoms with Crippen LogP contribution in [0.3, 0.4) is 0 Å². The molecule has 1 N–H and O–H groups in total. The molecule has 76 valence electrons. The number of alkyl halides is 2. The third-order valence-electron chi connectivity index (χ3n) is 1.24. The quantitative estimate of drug-likeness (QED) is 0.853. The minimum absolute atomic E-state index is 0.233. The van der Waals surface area contributed by atoms with Crippen LogP contribution in [0.15, 0.2) is 16.7 Å². The Morgan fingerprint density at radius 1 is 1.57 bits per heavy atom. The number of aromatic nitrogens is 1. The summed E-state index contributed by atoms with van der Waals surface area (Å²) in [5.41, 5.74) is -0.556. The first-order chi connectivity index (χ1) is 6.50. The minimum atomic E-state index is -3.07. The van der Waals surface area contributed by atoms with E-state index in [4.69, 9.17) is 5.11 Å². The Hall–Kier alpha value is -1.24. The highest BCUT2D eigenvalue weighted by molar-refractivity contribution is 9.10. The third kappa shape index (κ3) is 2.63. The fourth-order valence-electron chi connectivity index (χ4n) is 0.767. The first-order valence-electron chi connectivity index (χ1n) is 3.35. The third-order valence-corrected chi connectivity index (χ3v) is 1.68. The van der Waals surface area contributed by atoms with Gasteiger partial charge in [-0.1, -0.05) is 0 Å². The number of aromatic carboxylic acids is 1. The van der Waals surface area contributed by atoms with Gasteiger partial charge in [-0.3, -0.25) is 0 Å². The van der Waals surface area contributed by atoms with Crippen LogP contribution in [-0.2, 0) is 0 Å². The molecule has 4 nitrogen and oxygen atoms in total. The van der Waals surface area contributed by atoms with Gasteiger partial charge in [0, 0.05) is 0 Å². The van der Waals surface area contributed by atoms with E-state index in [9.17, 15) is 13.6 Å². The summed E-state index contributed by atoms with van der Waals surface area (Å²) in [4.78, 5) is 14.0. The monoisotopic (exact) mass is 267 g/mol. The molecule has 7 heteroatoms. The van der Waals surface area contributed by atoms with Crippen molar-refractivity contribution in [2.45, 2.75) is 6.61 Å². The topological polar surface area (TPSA) is 59.4 Å². The summed E-state index contributed by atoms with van der Waals surface area (Å²) in [5.74, 6) is -1.89. The predicted octanol–water partition coefficient (Wildman–Crippen LogP) is 2.14. The molecule has 0 atom stereocenters. The molecule has 0 aliphatic carbocycles. The number of pyridine rings is 1. The molecule has 0 fully saturated rings. The highest BCUT2D eigenvalue weighted by Crippen LogP contribution is 2.21. The van der Waals surface area contributed by atoms with Crippen molar-refractivity contribution in [1.29, 1.82) is 0 Å². The maximum atomic E-state index is 11.8. The van der Waals surface area contributed by atoms with E-state index in [1.807, 2.05) is 0 Å². The van der Waals surface area contributed by atoms with Crippen LogP contribution < -0.4 is 4.74 Å². The van der Waals surface area contributed by atoms with Crippen LogP contribution in [0.25, 0.3) is 0 Å². The first kappa shape index (κ1) is 10.8. The molecule has 1 aromatic heterocycles. The molecule has 0 aliphatic heterocycles. The number of ether oxygens (including phenoxy) is 1. The summed E-state index contributed by atoms with van der Waals surface area (Å²) in [6.45, 7) is -3.07. The average molecular weight is 268 g/mol. The fourth-order valence-corrected chi connectivity index (χ4v) is 1.08. The minimum Gasteiger partial charge on any atom is -0.476 e. The largest absolute Gasteiger partial charge is 0.476 e. The van der Waals surface area contributed by atoms with Crippen LogP contribution in [0.1, 0.15) is 10.5 Å². The van der Waals surface area contributed by atoms with E-state index in [1.165, 1.54) is 6.07 Å². The van der Waals surface area contributed by atoms with Gasteiger partial charge in [-0.05, 0) is 28.1 Å². The fraction of sp³-hybridized carbons (Fsp3) is 0.143. The predicted molar refractivity (Wildman–Crippen MR) is 45.5 cm³/mol. The molecule has 0 radical (unpaired) electrons. The number of rotatable bonds is 3. The summed E-state index contributed by atoms with van der Waals surface area (Å²) in [5, 5.41) is 8.59. The van der Waals surface area contributed by atoms with Gasteiger partial charge in [-0.25, -0.2) is 9.78 Å². The average Bonchev–Trinajstić information content (AvgIpc) is 2.07. The Morgan fingerprint density at radius 3 is 2.71 bits per heavy atom. The Labute approximate surface area is 85.6 Å². The number of hydrogen-bond donors (Lipinski definition) is 1. The number of carbonyl (C=O) groups is 1. The lowest BCUT2D eigenvalue weighted by Crippen LogP contribution is -2.09. The van der Waals surface area contributed by atoms with E-state index in [-0.39, 0.29) is 4.60 Å². The standard InChI is InChI=1S/C7H4BrF2NO3/c8-4-2-1-3(14-7(9)10)5(11-4)6(12)13/h1-2,7H,(H,12,13). The molecule has 0 bridgehead atoms. The van der Waals surface area contributed by atoms with E-state index in [1.54, 1.807) is 0 Å². The van der Waals surface area contributed by atoms with Gasteiger partial charge < -0.3 is 9.84 Å². The molecular weight excluding hydrogens is 264 g/mol. The summed E-state index contributed by atoms with van der Waals surface area (Å²) in [6, 6.07) is 2.41. The van der Waals surface area contributed by atoms with Gasteiger partial charge in [0.25, 0.3) is 0 Å². The zero-order chi connectivity index (χ0) is 10.7. The van der Waals surface area contributed by atoms with Crippen molar-refractivity contribution >= 4 is 21.9 Å². The number of carboxylic acid groups (broad SMARTS) is 1. The summed E-state index contributed by atoms with van der Waals surface area (Å²) in [6.07, 6.45) is 0. The second kappa shape index (κ2) is 4.32. The Balaban J connectivity index is 3.08. The van der Waals surface area contributed by atoms with Crippen LogP contribution in [0.5, 0.6) is 5.75 Å². The Morgan fingerprint density at radius 2 is 2.21 bits per heavy atom. The molecule has 1 aromatic rings. The molecule has 0 amide bonds. The van der Waals surface area contributed by atoms with E-state index in [0.717, 1.165) is 6.07 Å². The van der Waals surface area contributed by atoms with Crippen molar-refractivity contribution in [2.75, 3.05) is 0 Å². The zero-order valence-corrected chi connectivity index (χ0v) is 8.16. The maximum absolute atomic E-state index is 11.8. The van der Waals surface area contributed by atoms with Gasteiger partial charge in [0.05, 0.1) is 0 Å². The number of hydrogen-bond acceptors (Lipinski definition) is 3. The van der Waals surface area contributed by atoms with Crippen LogP contribution in [-0.4, -0.2) is 22.7 Å². The van der Waals surface area contributed by atoms with E-state index in [2.05, 4.69) is 25.7 Å². The van der Waals surface area contributed by atoms with Gasteiger partial charge in [0.2, 0.25) is 0 Å². The van der Waals surface area contributed by atoms with Crippen molar-refractivity contribution in [3.8, 4) is 5.75 Å². The van der Waals surface area contributed by atoms with Crippen LogP contribution >= 0.6 is 15.9 Å². The molecule has 0 spiro atoms. The molecule has 1 heterocycles. The van der Waals surface area contributed by atoms with Crippen molar-refractivity contribution in [3.63, 3.8) is 0 Å². The van der Waals surface area contributed by atoms with Crippen molar-refractivity contribution in [1.82, 2.24) is 4.98 Å². The van der Waals surface area contributed by atoms with Gasteiger partial charge in [0.15, 0.2) is 11.4 Å². The summed E-state index contributed by atoms with van der Waals surface area (Å²) in [7, 11) is 0. The SMILES string of the molecule is O=C(O)c1nc(Br)ccc1OC(F)F. The smallest absolute Gasteiger partial charge is 0.387 e. The maximum Gasteiger partial charge on any atom is 0.387 e. The normalized spacial score (nSPS) is 10.3. The van der Waals surface area contributed by atoms with Gasteiger partial charge in [-0.2, -0.15) is 8.78 Å². The van der Waals surface area contributed by atoms with Crippen molar-refractivity contribution in [3.05, 3.63) is 22.4 Å². The number of nitrogens with zero attached hydrogens (tertiary/aromatic N) is 1. The zero-order valence-electron chi connectivity index (χ0n) is 6.58. The van der Waals surface area contributed by atoms with Gasteiger partial charge in [-0.15, -0.1) is 0 Å². The molecule has 0 aromatic carbocycles. The van der Waals surface area contributed by atoms with Gasteiger partial charge >= 0.3 is 12.6 Å². The lowest BCUT2D eigenvalue weighted by molar-refractivity contribution is -0.0506. The van der Waals surface area contributed by atoms with Crippen molar-refractivity contribution in [2.24, 2.45) is 0 Å². The van der Waals surface area contributed by atoms with E-state index >= 15 is 0 Å². The Bertz CT molecular complexity index is 359. The first-order valence-corrected chi connectivity index (χ1v) is 4.14. The molecule has 0 saturated carbocycles. The molecular formula is C7H4BrF2NO3. The Kier molecular flexibility index (Phi) is 3.34. The molecule has 0 aliphatic rings. The summed E-state index contributed by atoms with van der Waals surface area (Å²) >= 11 is 2.91. The highest BCUT2D eigenvalue weighted by atomic mass is 79.9. The van der Waals surface area contributed by atoms with Gasteiger partial charge in [0.1, 0.15) is 4.60 Å². The van der Waals surface area contributed by atoms with Crippen LogP contribution in [0.4, 0.5) is 8.78 Å². The van der Waals surface area contributed by atoms with Crippen LogP contribution in [0, 0.1) is 0 Å². The second-order valence-electron chi connectivity index (χ2n) is 2.16. The molecule has 14 heavy (non-hydrogen) atoms.